The number of rotatable bonds is 10. The fraction of sp³-hybridized carbons (Fsp3) is 0.440. The Balaban J connectivity index is 1.47. The number of nitrogens with zero attached hydrogens (tertiary/aromatic N) is 1. The summed E-state index contributed by atoms with van der Waals surface area (Å²) in [6, 6.07) is 10.7. The van der Waals surface area contributed by atoms with Gasteiger partial charge in [0.25, 0.3) is 0 Å². The number of nitrogens with one attached hydrogen (secondary N) is 1. The van der Waals surface area contributed by atoms with Crippen LogP contribution in [0.25, 0.3) is 0 Å². The zero-order valence-corrected chi connectivity index (χ0v) is 19.7. The first-order chi connectivity index (χ1) is 16.0. The molecule has 0 radical (unpaired) electrons. The summed E-state index contributed by atoms with van der Waals surface area (Å²) < 4.78 is 21.1. The molecule has 3 rings (SSSR count). The van der Waals surface area contributed by atoms with Crippen LogP contribution in [0, 0.1) is 5.92 Å². The standard InChI is InChI=1S/C25H32N2O6/c1-30-20-7-5-17(6-8-20)24(29)18-9-12-27(13-10-18)14-11-23(28)26-19-15-21(31-2)25(33-4)22(16-19)32-3/h5-8,15-16,18H,9-14H2,1-4H3,(H,26,28). The van der Waals surface area contributed by atoms with E-state index < -0.39 is 0 Å². The molecule has 1 aliphatic rings. The van der Waals surface area contributed by atoms with Crippen LogP contribution in [-0.4, -0.2) is 64.7 Å². The molecule has 1 fully saturated rings. The van der Waals surface area contributed by atoms with E-state index in [4.69, 9.17) is 18.9 Å². The van der Waals surface area contributed by atoms with E-state index in [9.17, 15) is 9.59 Å². The molecule has 0 unspecified atom stereocenters. The van der Waals surface area contributed by atoms with Gasteiger partial charge in [-0.2, -0.15) is 0 Å². The summed E-state index contributed by atoms with van der Waals surface area (Å²) >= 11 is 0. The highest BCUT2D eigenvalue weighted by Crippen LogP contribution is 2.40. The first-order valence-corrected chi connectivity index (χ1v) is 11.0. The molecule has 0 atom stereocenters. The molecule has 8 heteroatoms. The highest BCUT2D eigenvalue weighted by Gasteiger charge is 2.26. The van der Waals surface area contributed by atoms with Crippen molar-refractivity contribution < 1.29 is 28.5 Å². The summed E-state index contributed by atoms with van der Waals surface area (Å²) in [4.78, 5) is 27.5. The van der Waals surface area contributed by atoms with Crippen LogP contribution in [0.2, 0.25) is 0 Å². The Labute approximate surface area is 194 Å². The van der Waals surface area contributed by atoms with E-state index in [1.54, 1.807) is 19.2 Å². The summed E-state index contributed by atoms with van der Waals surface area (Å²) in [5, 5.41) is 2.89. The fourth-order valence-electron chi connectivity index (χ4n) is 4.05. The largest absolute Gasteiger partial charge is 0.497 e. The van der Waals surface area contributed by atoms with Crippen molar-refractivity contribution in [3.05, 3.63) is 42.0 Å². The van der Waals surface area contributed by atoms with Crippen LogP contribution in [0.5, 0.6) is 23.0 Å². The molecule has 1 heterocycles. The molecule has 1 saturated heterocycles. The Bertz CT molecular complexity index is 927. The number of likely N-dealkylation sites (tertiary alicyclic amines) is 1. The van der Waals surface area contributed by atoms with Gasteiger partial charge in [-0.15, -0.1) is 0 Å². The molecule has 178 valence electrons. The predicted molar refractivity (Wildman–Crippen MR) is 126 cm³/mol. The van der Waals surface area contributed by atoms with Gasteiger partial charge in [0.15, 0.2) is 17.3 Å². The van der Waals surface area contributed by atoms with E-state index in [1.165, 1.54) is 21.3 Å². The minimum Gasteiger partial charge on any atom is -0.497 e. The average molecular weight is 457 g/mol. The number of carbonyl (C=O) groups is 2. The molecular weight excluding hydrogens is 424 g/mol. The van der Waals surface area contributed by atoms with Crippen LogP contribution >= 0.6 is 0 Å². The number of piperidine rings is 1. The highest BCUT2D eigenvalue weighted by molar-refractivity contribution is 5.98. The van der Waals surface area contributed by atoms with Crippen molar-refractivity contribution in [2.24, 2.45) is 5.92 Å². The maximum absolute atomic E-state index is 12.8. The van der Waals surface area contributed by atoms with E-state index in [1.807, 2.05) is 24.3 Å². The molecular formula is C25H32N2O6. The maximum Gasteiger partial charge on any atom is 0.225 e. The van der Waals surface area contributed by atoms with E-state index in [-0.39, 0.29) is 17.6 Å². The van der Waals surface area contributed by atoms with Gasteiger partial charge in [-0.05, 0) is 50.2 Å². The Hall–Kier alpha value is -3.26. The number of benzene rings is 2. The lowest BCUT2D eigenvalue weighted by Crippen LogP contribution is -2.38. The molecule has 2 aromatic rings. The Kier molecular flexibility index (Phi) is 8.54. The fourth-order valence-corrected chi connectivity index (χ4v) is 4.05. The number of methoxy groups -OCH3 is 4. The van der Waals surface area contributed by atoms with Crippen molar-refractivity contribution in [2.45, 2.75) is 19.3 Å². The first kappa shape index (κ1) is 24.4. The predicted octanol–water partition coefficient (Wildman–Crippen LogP) is 3.64. The summed E-state index contributed by atoms with van der Waals surface area (Å²) in [5.41, 5.74) is 1.30. The van der Waals surface area contributed by atoms with Crippen LogP contribution in [0.4, 0.5) is 5.69 Å². The Morgan fingerprint density at radius 1 is 0.909 bits per heavy atom. The lowest BCUT2D eigenvalue weighted by Gasteiger charge is -2.31. The van der Waals surface area contributed by atoms with Gasteiger partial charge in [0.05, 0.1) is 28.4 Å². The number of ether oxygens (including phenoxy) is 4. The van der Waals surface area contributed by atoms with E-state index >= 15 is 0 Å². The van der Waals surface area contributed by atoms with Crippen molar-refractivity contribution in [3.63, 3.8) is 0 Å². The summed E-state index contributed by atoms with van der Waals surface area (Å²) in [5.74, 6) is 2.28. The number of hydrogen-bond acceptors (Lipinski definition) is 7. The van der Waals surface area contributed by atoms with Crippen molar-refractivity contribution in [1.29, 1.82) is 0 Å². The zero-order chi connectivity index (χ0) is 23.8. The molecule has 33 heavy (non-hydrogen) atoms. The second-order valence-corrected chi connectivity index (χ2v) is 7.92. The first-order valence-electron chi connectivity index (χ1n) is 11.0. The van der Waals surface area contributed by atoms with Gasteiger partial charge in [0.2, 0.25) is 11.7 Å². The SMILES string of the molecule is COc1ccc(C(=O)C2CCN(CCC(=O)Nc3cc(OC)c(OC)c(OC)c3)CC2)cc1. The molecule has 1 N–H and O–H groups in total. The molecule has 0 bridgehead atoms. The number of Topliss-reactive ketones (excluding diaryl/α,β-unsaturated/α-hetero) is 1. The van der Waals surface area contributed by atoms with Gasteiger partial charge >= 0.3 is 0 Å². The number of anilines is 1. The van der Waals surface area contributed by atoms with Crippen molar-refractivity contribution in [2.75, 3.05) is 53.4 Å². The van der Waals surface area contributed by atoms with Crippen LogP contribution in [0.1, 0.15) is 29.6 Å². The van der Waals surface area contributed by atoms with Gasteiger partial charge in [-0.1, -0.05) is 0 Å². The highest BCUT2D eigenvalue weighted by atomic mass is 16.5. The quantitative estimate of drug-likeness (QED) is 0.546. The Morgan fingerprint density at radius 2 is 1.52 bits per heavy atom. The lowest BCUT2D eigenvalue weighted by atomic mass is 9.89. The van der Waals surface area contributed by atoms with Gasteiger partial charge in [-0.3, -0.25) is 9.59 Å². The van der Waals surface area contributed by atoms with E-state index in [2.05, 4.69) is 10.2 Å². The third-order valence-corrected chi connectivity index (χ3v) is 5.94. The van der Waals surface area contributed by atoms with Crippen molar-refractivity contribution >= 4 is 17.4 Å². The third-order valence-electron chi connectivity index (χ3n) is 5.94. The van der Waals surface area contributed by atoms with Crippen LogP contribution < -0.4 is 24.3 Å². The van der Waals surface area contributed by atoms with Crippen molar-refractivity contribution in [1.82, 2.24) is 4.90 Å². The summed E-state index contributed by atoms with van der Waals surface area (Å²) in [6.45, 7) is 2.23. The molecule has 0 aliphatic carbocycles. The molecule has 0 spiro atoms. The molecule has 1 amide bonds. The maximum atomic E-state index is 12.8. The van der Waals surface area contributed by atoms with Crippen molar-refractivity contribution in [3.8, 4) is 23.0 Å². The second-order valence-electron chi connectivity index (χ2n) is 7.92. The van der Waals surface area contributed by atoms with Gasteiger partial charge in [0, 0.05) is 42.3 Å². The minimum absolute atomic E-state index is 0.0164. The second kappa shape index (κ2) is 11.6. The monoisotopic (exact) mass is 456 g/mol. The molecule has 0 aromatic heterocycles. The van der Waals surface area contributed by atoms with Gasteiger partial charge in [0.1, 0.15) is 5.75 Å². The molecule has 8 nitrogen and oxygen atoms in total. The minimum atomic E-state index is -0.0966. The van der Waals surface area contributed by atoms with Crippen LogP contribution in [-0.2, 0) is 4.79 Å². The number of ketones is 1. The molecule has 2 aromatic carbocycles. The summed E-state index contributed by atoms with van der Waals surface area (Å²) in [6.07, 6.45) is 1.94. The van der Waals surface area contributed by atoms with Gasteiger partial charge in [-0.25, -0.2) is 0 Å². The number of hydrogen-bond donors (Lipinski definition) is 1. The molecule has 1 aliphatic heterocycles. The average Bonchev–Trinajstić information content (AvgIpc) is 2.86. The van der Waals surface area contributed by atoms with E-state index in [0.717, 1.165) is 37.2 Å². The smallest absolute Gasteiger partial charge is 0.225 e. The van der Waals surface area contributed by atoms with Crippen LogP contribution in [0.3, 0.4) is 0 Å². The number of amides is 1. The summed E-state index contributed by atoms with van der Waals surface area (Å²) in [7, 11) is 6.21. The third kappa shape index (κ3) is 6.16. The number of carbonyl (C=O) groups excluding carboxylic acids is 2. The normalized spacial score (nSPS) is 14.4. The van der Waals surface area contributed by atoms with Gasteiger partial charge < -0.3 is 29.2 Å². The Morgan fingerprint density at radius 3 is 2.03 bits per heavy atom. The van der Waals surface area contributed by atoms with Crippen LogP contribution in [0.15, 0.2) is 36.4 Å². The lowest BCUT2D eigenvalue weighted by molar-refractivity contribution is -0.116. The molecule has 0 saturated carbocycles. The topological polar surface area (TPSA) is 86.3 Å². The van der Waals surface area contributed by atoms with E-state index in [0.29, 0.717) is 35.9 Å². The zero-order valence-electron chi connectivity index (χ0n) is 19.7.